The van der Waals surface area contributed by atoms with Crippen LogP contribution in [0.4, 0.5) is 0 Å². The van der Waals surface area contributed by atoms with Crippen LogP contribution in [0.25, 0.3) is 0 Å². The Morgan fingerprint density at radius 2 is 0.658 bits per heavy atom. The van der Waals surface area contributed by atoms with E-state index in [1.807, 2.05) is 67.5 Å². The van der Waals surface area contributed by atoms with Gasteiger partial charge in [-0.3, -0.25) is 0 Å². The van der Waals surface area contributed by atoms with Gasteiger partial charge in [-0.25, -0.2) is 19.6 Å². The normalized spacial score (nSPS) is 13.7. The fourth-order valence-corrected chi connectivity index (χ4v) is 4.17. The van der Waals surface area contributed by atoms with Crippen molar-refractivity contribution in [2.45, 2.75) is 130 Å². The van der Waals surface area contributed by atoms with Gasteiger partial charge in [0.25, 0.3) is 0 Å². The van der Waals surface area contributed by atoms with Crippen molar-refractivity contribution in [2.24, 2.45) is 0 Å². The van der Waals surface area contributed by atoms with E-state index >= 15 is 0 Å². The molecule has 0 saturated heterocycles. The topological polar surface area (TPSA) is 36.9 Å². The van der Waals surface area contributed by atoms with Gasteiger partial charge in [0.1, 0.15) is 11.2 Å². The second-order valence-corrected chi connectivity index (χ2v) is 14.2. The molecule has 0 aliphatic heterocycles. The monoisotopic (exact) mass is 522 g/mol. The van der Waals surface area contributed by atoms with Crippen LogP contribution in [0.1, 0.15) is 119 Å². The molecule has 0 aliphatic rings. The highest BCUT2D eigenvalue weighted by atomic mass is 17.2. The average molecular weight is 523 g/mol. The summed E-state index contributed by atoms with van der Waals surface area (Å²) < 4.78 is 0. The highest BCUT2D eigenvalue weighted by Gasteiger charge is 2.34. The first-order chi connectivity index (χ1) is 17.1. The molecule has 0 spiro atoms. The summed E-state index contributed by atoms with van der Waals surface area (Å²) in [5.41, 5.74) is 1.51. The van der Waals surface area contributed by atoms with Gasteiger partial charge in [-0.1, -0.05) is 102 Å². The highest BCUT2D eigenvalue weighted by molar-refractivity contribution is 5.37. The molecule has 0 aromatic heterocycles. The van der Waals surface area contributed by atoms with E-state index in [0.29, 0.717) is 0 Å². The van der Waals surface area contributed by atoms with E-state index in [2.05, 4.69) is 89.8 Å². The summed E-state index contributed by atoms with van der Waals surface area (Å²) >= 11 is 0. The van der Waals surface area contributed by atoms with Crippen molar-refractivity contribution in [2.75, 3.05) is 0 Å². The van der Waals surface area contributed by atoms with Crippen molar-refractivity contribution in [1.29, 1.82) is 0 Å². The Kier molecular flexibility index (Phi) is 9.40. The van der Waals surface area contributed by atoms with Gasteiger partial charge in [-0.2, -0.15) is 0 Å². The Morgan fingerprint density at radius 1 is 0.395 bits per heavy atom. The Hall–Kier alpha value is -2.16. The van der Waals surface area contributed by atoms with Crippen molar-refractivity contribution >= 4 is 0 Å². The van der Waals surface area contributed by atoms with Crippen molar-refractivity contribution < 1.29 is 19.6 Å². The lowest BCUT2D eigenvalue weighted by Crippen LogP contribution is -2.34. The molecule has 2 rings (SSSR count). The number of hydrogen-bond donors (Lipinski definition) is 0. The molecule has 0 saturated carbocycles. The first-order valence-electron chi connectivity index (χ1n) is 13.6. The smallest absolute Gasteiger partial charge is 0.158 e. The van der Waals surface area contributed by atoms with Gasteiger partial charge < -0.3 is 0 Å². The number of hydrogen-bond acceptors (Lipinski definition) is 4. The summed E-state index contributed by atoms with van der Waals surface area (Å²) in [6.07, 6.45) is 0. The lowest BCUT2D eigenvalue weighted by molar-refractivity contribution is -0.395. The second-order valence-electron chi connectivity index (χ2n) is 14.2. The Morgan fingerprint density at radius 3 is 0.921 bits per heavy atom. The average Bonchev–Trinajstić information content (AvgIpc) is 2.80. The third-order valence-electron chi connectivity index (χ3n) is 6.35. The second kappa shape index (κ2) is 11.1. The Labute approximate surface area is 232 Å². The lowest BCUT2D eigenvalue weighted by atomic mass is 9.79. The van der Waals surface area contributed by atoms with Gasteiger partial charge in [-0.15, -0.1) is 0 Å². The van der Waals surface area contributed by atoms with Crippen LogP contribution in [0, 0.1) is 11.8 Å². The maximum atomic E-state index is 6.02. The molecular weight excluding hydrogens is 472 g/mol. The van der Waals surface area contributed by atoms with Gasteiger partial charge in [0, 0.05) is 0 Å². The minimum Gasteiger partial charge on any atom is -0.224 e. The largest absolute Gasteiger partial charge is 0.224 e. The molecule has 0 radical (unpaired) electrons. The van der Waals surface area contributed by atoms with E-state index in [1.54, 1.807) is 0 Å². The van der Waals surface area contributed by atoms with Crippen LogP contribution in [0.15, 0.2) is 48.5 Å². The van der Waals surface area contributed by atoms with Gasteiger partial charge in [0.05, 0.1) is 0 Å². The minimum atomic E-state index is -0.872. The van der Waals surface area contributed by atoms with Crippen molar-refractivity contribution in [1.82, 2.24) is 0 Å². The zero-order valence-electron chi connectivity index (χ0n) is 26.3. The molecule has 0 fully saturated rings. The van der Waals surface area contributed by atoms with Crippen LogP contribution in [-0.4, -0.2) is 11.2 Å². The fourth-order valence-electron chi connectivity index (χ4n) is 4.17. The third kappa shape index (κ3) is 8.68. The summed E-state index contributed by atoms with van der Waals surface area (Å²) in [5.74, 6) is 6.36. The van der Waals surface area contributed by atoms with Crippen molar-refractivity contribution in [3.05, 3.63) is 70.8 Å². The predicted octanol–water partition coefficient (Wildman–Crippen LogP) is 8.91. The van der Waals surface area contributed by atoms with Crippen LogP contribution in [0.5, 0.6) is 0 Å². The summed E-state index contributed by atoms with van der Waals surface area (Å²) in [6.45, 7) is 28.8. The SMILES string of the molecule is CC(C)(C#CC(C)(C)OOC(C)(C)c1ccccc1C(C)(C)C)OOC(C)(C)c1ccccc1C(C)(C)C. The van der Waals surface area contributed by atoms with Gasteiger partial charge in [0.15, 0.2) is 11.2 Å². The summed E-state index contributed by atoms with van der Waals surface area (Å²) in [7, 11) is 0. The highest BCUT2D eigenvalue weighted by Crippen LogP contribution is 2.37. The molecule has 4 nitrogen and oxygen atoms in total. The quantitative estimate of drug-likeness (QED) is 0.197. The van der Waals surface area contributed by atoms with E-state index in [0.717, 1.165) is 11.1 Å². The molecule has 0 atom stereocenters. The summed E-state index contributed by atoms with van der Waals surface area (Å²) in [6, 6.07) is 16.7. The van der Waals surface area contributed by atoms with Gasteiger partial charge in [0.2, 0.25) is 0 Å². The van der Waals surface area contributed by atoms with Crippen LogP contribution < -0.4 is 0 Å². The third-order valence-corrected chi connectivity index (χ3v) is 6.35. The molecule has 0 aliphatic carbocycles. The van der Waals surface area contributed by atoms with E-state index in [4.69, 9.17) is 19.6 Å². The van der Waals surface area contributed by atoms with E-state index in [1.165, 1.54) is 11.1 Å². The predicted molar refractivity (Wildman–Crippen MR) is 157 cm³/mol. The molecule has 0 amide bonds. The Bertz CT molecular complexity index is 1060. The number of rotatable bonds is 8. The molecule has 2 aromatic rings. The van der Waals surface area contributed by atoms with Crippen molar-refractivity contribution in [3.8, 4) is 11.8 Å². The van der Waals surface area contributed by atoms with Crippen LogP contribution >= 0.6 is 0 Å². The maximum Gasteiger partial charge on any atom is 0.158 e. The van der Waals surface area contributed by atoms with E-state index in [9.17, 15) is 0 Å². The molecule has 38 heavy (non-hydrogen) atoms. The van der Waals surface area contributed by atoms with E-state index in [-0.39, 0.29) is 10.8 Å². The summed E-state index contributed by atoms with van der Waals surface area (Å²) in [4.78, 5) is 23.9. The van der Waals surface area contributed by atoms with Crippen molar-refractivity contribution in [3.63, 3.8) is 0 Å². The van der Waals surface area contributed by atoms with Crippen LogP contribution in [0.2, 0.25) is 0 Å². The van der Waals surface area contributed by atoms with Gasteiger partial charge in [-0.05, 0) is 88.5 Å². The number of benzene rings is 2. The summed E-state index contributed by atoms with van der Waals surface area (Å²) in [5, 5.41) is 0. The lowest BCUT2D eigenvalue weighted by Gasteiger charge is -2.34. The first-order valence-corrected chi connectivity index (χ1v) is 13.6. The maximum absolute atomic E-state index is 6.02. The van der Waals surface area contributed by atoms with Crippen LogP contribution in [-0.2, 0) is 41.6 Å². The standard InChI is InChI=1S/C34H50O4/c1-29(2,3)25-19-15-17-21-27(25)33(11,12)37-35-31(7,8)23-24-32(9,10)36-38-34(13,14)28-22-18-16-20-26(28)30(4,5)6/h15-22H,1-14H3. The van der Waals surface area contributed by atoms with E-state index < -0.39 is 22.4 Å². The van der Waals surface area contributed by atoms with Gasteiger partial charge >= 0.3 is 0 Å². The first kappa shape index (κ1) is 32.1. The molecule has 0 heterocycles. The minimum absolute atomic E-state index is 0.0188. The Balaban J connectivity index is 2.14. The zero-order chi connectivity index (χ0) is 29.2. The molecule has 0 unspecified atom stereocenters. The molecule has 2 aromatic carbocycles. The van der Waals surface area contributed by atoms with Crippen LogP contribution in [0.3, 0.4) is 0 Å². The zero-order valence-corrected chi connectivity index (χ0v) is 26.3. The molecule has 4 heteroatoms. The molecular formula is C34H50O4. The fraction of sp³-hybridized carbons (Fsp3) is 0.588. The molecule has 0 bridgehead atoms. The molecule has 0 N–H and O–H groups in total. The molecule has 210 valence electrons.